The van der Waals surface area contributed by atoms with Crippen molar-refractivity contribution in [3.8, 4) is 0 Å². The Hall–Kier alpha value is -3.46. The van der Waals surface area contributed by atoms with E-state index < -0.39 is 18.4 Å². The monoisotopic (exact) mass is 379 g/mol. The van der Waals surface area contributed by atoms with Gasteiger partial charge in [-0.3, -0.25) is 4.79 Å². The van der Waals surface area contributed by atoms with Crippen LogP contribution in [-0.2, 0) is 9.59 Å². The molecule has 0 unspecified atom stereocenters. The number of carboxylic acids is 2. The molecule has 0 saturated heterocycles. The lowest BCUT2D eigenvalue weighted by Crippen LogP contribution is -2.04. The van der Waals surface area contributed by atoms with Gasteiger partial charge in [0.15, 0.2) is 5.82 Å². The van der Waals surface area contributed by atoms with E-state index in [1.54, 1.807) is 12.1 Å². The number of aliphatic carboxylic acids is 2. The van der Waals surface area contributed by atoms with Crippen molar-refractivity contribution in [1.82, 2.24) is 4.98 Å². The summed E-state index contributed by atoms with van der Waals surface area (Å²) in [5, 5.41) is 24.1. The molecule has 2 aromatic rings. The quantitative estimate of drug-likeness (QED) is 0.457. The number of carbonyl (C=O) groups is 2. The number of hydrogen-bond donors (Lipinski definition) is 4. The standard InChI is InChI=1S/C11H11N5.C5H6O4.ClH/c12-10-7-6-9(11(13)14-10)16-15-8-4-2-1-3-5-8;1-3(5(8)9)2-4(6)7;/h1-7H,(H4,12,13,14);1-2H2,(H,6,7)(H,8,9);1H. The van der Waals surface area contributed by atoms with E-state index in [-0.39, 0.29) is 23.8 Å². The van der Waals surface area contributed by atoms with E-state index in [9.17, 15) is 9.59 Å². The summed E-state index contributed by atoms with van der Waals surface area (Å²) in [7, 11) is 0. The molecule has 0 spiro atoms. The number of nitrogens with two attached hydrogens (primary N) is 2. The highest BCUT2D eigenvalue weighted by molar-refractivity contribution is 5.91. The van der Waals surface area contributed by atoms with Gasteiger partial charge >= 0.3 is 11.9 Å². The van der Waals surface area contributed by atoms with Gasteiger partial charge in [-0.1, -0.05) is 24.8 Å². The first kappa shape index (κ1) is 22.5. The lowest BCUT2D eigenvalue weighted by atomic mass is 10.2. The Labute approximate surface area is 155 Å². The Morgan fingerprint density at radius 2 is 1.65 bits per heavy atom. The van der Waals surface area contributed by atoms with E-state index in [2.05, 4.69) is 21.8 Å². The topological polar surface area (TPSA) is 164 Å². The zero-order valence-electron chi connectivity index (χ0n) is 13.6. The Balaban J connectivity index is 0.000000543. The van der Waals surface area contributed by atoms with Crippen molar-refractivity contribution >= 4 is 47.4 Å². The van der Waals surface area contributed by atoms with E-state index in [0.29, 0.717) is 11.5 Å². The number of aromatic nitrogens is 1. The van der Waals surface area contributed by atoms with Crippen molar-refractivity contribution in [2.45, 2.75) is 6.42 Å². The highest BCUT2D eigenvalue weighted by Crippen LogP contribution is 2.23. The van der Waals surface area contributed by atoms with Gasteiger partial charge in [-0.15, -0.1) is 17.5 Å². The van der Waals surface area contributed by atoms with Gasteiger partial charge in [-0.25, -0.2) is 9.78 Å². The predicted molar refractivity (Wildman–Crippen MR) is 100.0 cm³/mol. The fourth-order valence-electron chi connectivity index (χ4n) is 1.43. The number of pyridine rings is 1. The maximum atomic E-state index is 9.87. The third-order valence-electron chi connectivity index (χ3n) is 2.62. The fourth-order valence-corrected chi connectivity index (χ4v) is 1.43. The minimum Gasteiger partial charge on any atom is -0.481 e. The number of rotatable bonds is 5. The molecular weight excluding hydrogens is 362 g/mol. The Morgan fingerprint density at radius 3 is 2.12 bits per heavy atom. The lowest BCUT2D eigenvalue weighted by molar-refractivity contribution is -0.139. The molecule has 0 aliphatic carbocycles. The number of benzene rings is 1. The van der Waals surface area contributed by atoms with Gasteiger partial charge in [-0.2, -0.15) is 5.11 Å². The molecule has 0 radical (unpaired) electrons. The molecule has 9 nitrogen and oxygen atoms in total. The van der Waals surface area contributed by atoms with Crippen LogP contribution >= 0.6 is 12.4 Å². The Kier molecular flexibility index (Phi) is 9.67. The van der Waals surface area contributed by atoms with E-state index in [4.69, 9.17) is 21.7 Å². The van der Waals surface area contributed by atoms with Crippen LogP contribution in [0.5, 0.6) is 0 Å². The summed E-state index contributed by atoms with van der Waals surface area (Å²) in [4.78, 5) is 23.5. The van der Waals surface area contributed by atoms with Crippen LogP contribution in [0.25, 0.3) is 0 Å². The van der Waals surface area contributed by atoms with Crippen LogP contribution < -0.4 is 11.5 Å². The van der Waals surface area contributed by atoms with Crippen LogP contribution in [0.1, 0.15) is 6.42 Å². The number of halogens is 1. The molecule has 1 aromatic heterocycles. The van der Waals surface area contributed by atoms with E-state index in [0.717, 1.165) is 5.69 Å². The van der Waals surface area contributed by atoms with Crippen LogP contribution in [0.4, 0.5) is 23.0 Å². The molecule has 0 fully saturated rings. The predicted octanol–water partition coefficient (Wildman–Crippen LogP) is 3.19. The molecule has 2 rings (SSSR count). The van der Waals surface area contributed by atoms with E-state index in [1.807, 2.05) is 30.3 Å². The molecule has 0 atom stereocenters. The Morgan fingerprint density at radius 1 is 1.04 bits per heavy atom. The fraction of sp³-hybridized carbons (Fsp3) is 0.0625. The summed E-state index contributed by atoms with van der Waals surface area (Å²) >= 11 is 0. The highest BCUT2D eigenvalue weighted by atomic mass is 35.5. The van der Waals surface area contributed by atoms with Gasteiger partial charge in [0.25, 0.3) is 0 Å². The van der Waals surface area contributed by atoms with Crippen LogP contribution in [0, 0.1) is 0 Å². The summed E-state index contributed by atoms with van der Waals surface area (Å²) in [6, 6.07) is 12.7. The molecule has 10 heteroatoms. The van der Waals surface area contributed by atoms with E-state index in [1.165, 1.54) is 0 Å². The number of hydrogen-bond acceptors (Lipinski definition) is 7. The number of anilines is 2. The Bertz CT molecular complexity index is 796. The van der Waals surface area contributed by atoms with Crippen LogP contribution in [0.2, 0.25) is 0 Å². The van der Waals surface area contributed by atoms with Crippen LogP contribution in [0.15, 0.2) is 64.8 Å². The van der Waals surface area contributed by atoms with Crippen molar-refractivity contribution in [3.05, 3.63) is 54.6 Å². The third kappa shape index (κ3) is 8.41. The average molecular weight is 380 g/mol. The molecule has 1 heterocycles. The first-order valence-electron chi connectivity index (χ1n) is 6.91. The summed E-state index contributed by atoms with van der Waals surface area (Å²) in [5.74, 6) is -1.80. The van der Waals surface area contributed by atoms with Gasteiger partial charge in [0, 0.05) is 5.57 Å². The van der Waals surface area contributed by atoms with Crippen molar-refractivity contribution < 1.29 is 19.8 Å². The number of nitrogen functional groups attached to an aromatic ring is 2. The maximum absolute atomic E-state index is 9.87. The smallest absolute Gasteiger partial charge is 0.331 e. The van der Waals surface area contributed by atoms with Gasteiger partial charge in [0.2, 0.25) is 0 Å². The van der Waals surface area contributed by atoms with Gasteiger partial charge < -0.3 is 21.7 Å². The molecule has 0 amide bonds. The van der Waals surface area contributed by atoms with Crippen LogP contribution in [0.3, 0.4) is 0 Å². The number of carboxylic acid groups (broad SMARTS) is 2. The summed E-state index contributed by atoms with van der Waals surface area (Å²) < 4.78 is 0. The third-order valence-corrected chi connectivity index (χ3v) is 2.62. The molecule has 0 bridgehead atoms. The molecule has 26 heavy (non-hydrogen) atoms. The lowest BCUT2D eigenvalue weighted by Gasteiger charge is -1.98. The summed E-state index contributed by atoms with van der Waals surface area (Å²) in [5.41, 5.74) is 12.1. The molecular formula is C16H18ClN5O4. The molecule has 6 N–H and O–H groups in total. The summed E-state index contributed by atoms with van der Waals surface area (Å²) in [6.45, 7) is 3.01. The average Bonchev–Trinajstić information content (AvgIpc) is 2.55. The van der Waals surface area contributed by atoms with Gasteiger partial charge in [0.05, 0.1) is 12.1 Å². The molecule has 0 aliphatic heterocycles. The van der Waals surface area contributed by atoms with Crippen molar-refractivity contribution in [2.24, 2.45) is 10.2 Å². The van der Waals surface area contributed by atoms with Crippen molar-refractivity contribution in [2.75, 3.05) is 11.5 Å². The normalized spacial score (nSPS) is 9.54. The zero-order valence-corrected chi connectivity index (χ0v) is 14.4. The molecule has 138 valence electrons. The molecule has 0 saturated carbocycles. The second-order valence-corrected chi connectivity index (χ2v) is 4.66. The minimum atomic E-state index is -1.27. The molecule has 1 aromatic carbocycles. The SMILES string of the molecule is C=C(CC(=O)O)C(=O)O.Cl.Nc1ccc(N=Nc2ccccc2)c(N)n1. The molecule has 0 aliphatic rings. The highest BCUT2D eigenvalue weighted by Gasteiger charge is 2.07. The van der Waals surface area contributed by atoms with Crippen molar-refractivity contribution in [1.29, 1.82) is 0 Å². The maximum Gasteiger partial charge on any atom is 0.331 e. The summed E-state index contributed by atoms with van der Waals surface area (Å²) in [6.07, 6.45) is -0.505. The largest absolute Gasteiger partial charge is 0.481 e. The van der Waals surface area contributed by atoms with Crippen LogP contribution in [-0.4, -0.2) is 27.1 Å². The first-order chi connectivity index (χ1) is 11.8. The second-order valence-electron chi connectivity index (χ2n) is 4.66. The minimum absolute atomic E-state index is 0. The zero-order chi connectivity index (χ0) is 18.8. The van der Waals surface area contributed by atoms with Gasteiger partial charge in [-0.05, 0) is 24.3 Å². The first-order valence-corrected chi connectivity index (χ1v) is 6.91. The number of nitrogens with zero attached hydrogens (tertiary/aromatic N) is 3. The van der Waals surface area contributed by atoms with Crippen molar-refractivity contribution in [3.63, 3.8) is 0 Å². The van der Waals surface area contributed by atoms with E-state index >= 15 is 0 Å². The second kappa shape index (κ2) is 11.2. The number of azo groups is 1. The van der Waals surface area contributed by atoms with Gasteiger partial charge in [0.1, 0.15) is 11.5 Å².